The number of hydrogen-bond donors (Lipinski definition) is 1. The third kappa shape index (κ3) is 3.39. The lowest BCUT2D eigenvalue weighted by Gasteiger charge is -2.06. The maximum Gasteiger partial charge on any atom is 0.350 e. The first-order valence-electron chi connectivity index (χ1n) is 8.46. The summed E-state index contributed by atoms with van der Waals surface area (Å²) < 4.78 is 7.04. The number of fused-ring (bicyclic) bond motifs is 1. The number of anilines is 2. The van der Waals surface area contributed by atoms with Gasteiger partial charge in [-0.3, -0.25) is 4.40 Å². The van der Waals surface area contributed by atoms with Gasteiger partial charge in [0.15, 0.2) is 5.13 Å². The van der Waals surface area contributed by atoms with Crippen molar-refractivity contribution >= 4 is 33.9 Å². The number of carbonyl (C=O) groups is 1. The van der Waals surface area contributed by atoms with E-state index in [0.717, 1.165) is 22.6 Å². The Bertz CT molecular complexity index is 1120. The van der Waals surface area contributed by atoms with Gasteiger partial charge in [-0.25, -0.2) is 19.7 Å². The van der Waals surface area contributed by atoms with Crippen molar-refractivity contribution in [1.82, 2.24) is 19.4 Å². The van der Waals surface area contributed by atoms with Gasteiger partial charge in [0.05, 0.1) is 24.2 Å². The Morgan fingerprint density at radius 1 is 1.30 bits per heavy atom. The van der Waals surface area contributed by atoms with E-state index in [2.05, 4.69) is 24.7 Å². The molecule has 0 spiro atoms. The number of aryl methyl sites for hydroxylation is 1. The molecule has 4 heterocycles. The Kier molecular flexibility index (Phi) is 4.55. The van der Waals surface area contributed by atoms with Gasteiger partial charge in [0, 0.05) is 18.0 Å². The minimum atomic E-state index is -0.369. The molecule has 7 nitrogen and oxygen atoms in total. The number of rotatable bonds is 5. The molecule has 0 aliphatic rings. The maximum absolute atomic E-state index is 11.8. The van der Waals surface area contributed by atoms with Crippen LogP contribution in [0.1, 0.15) is 22.3 Å². The van der Waals surface area contributed by atoms with Gasteiger partial charge in [0.2, 0.25) is 0 Å². The molecule has 4 aromatic heterocycles. The van der Waals surface area contributed by atoms with E-state index < -0.39 is 0 Å². The quantitative estimate of drug-likeness (QED) is 0.526. The van der Waals surface area contributed by atoms with E-state index in [0.29, 0.717) is 22.4 Å². The number of imidazole rings is 1. The van der Waals surface area contributed by atoms with Gasteiger partial charge < -0.3 is 10.1 Å². The van der Waals surface area contributed by atoms with E-state index in [1.807, 2.05) is 43.5 Å². The van der Waals surface area contributed by atoms with E-state index in [9.17, 15) is 4.79 Å². The maximum atomic E-state index is 11.8. The first kappa shape index (κ1) is 17.2. The van der Waals surface area contributed by atoms with Crippen molar-refractivity contribution in [2.75, 3.05) is 11.9 Å². The summed E-state index contributed by atoms with van der Waals surface area (Å²) in [5.74, 6) is 0.272. The predicted octanol–water partition coefficient (Wildman–Crippen LogP) is 4.08. The van der Waals surface area contributed by atoms with Gasteiger partial charge >= 0.3 is 5.97 Å². The Balaban J connectivity index is 1.63. The van der Waals surface area contributed by atoms with Crippen LogP contribution >= 0.6 is 11.3 Å². The number of aromatic nitrogens is 4. The van der Waals surface area contributed by atoms with Crippen LogP contribution in [-0.2, 0) is 4.74 Å². The number of hydrogen-bond acceptors (Lipinski definition) is 7. The summed E-state index contributed by atoms with van der Waals surface area (Å²) >= 11 is 1.23. The zero-order valence-corrected chi connectivity index (χ0v) is 15.7. The highest BCUT2D eigenvalue weighted by Crippen LogP contribution is 2.28. The molecule has 0 bridgehead atoms. The van der Waals surface area contributed by atoms with Crippen LogP contribution in [0.15, 0.2) is 48.9 Å². The van der Waals surface area contributed by atoms with Crippen LogP contribution in [0.2, 0.25) is 0 Å². The third-order valence-electron chi connectivity index (χ3n) is 3.95. The summed E-state index contributed by atoms with van der Waals surface area (Å²) in [6.07, 6.45) is 5.23. The molecule has 0 amide bonds. The van der Waals surface area contributed by atoms with E-state index in [1.54, 1.807) is 13.1 Å². The molecular weight excluding hydrogens is 362 g/mol. The molecule has 8 heteroatoms. The van der Waals surface area contributed by atoms with Crippen molar-refractivity contribution < 1.29 is 9.53 Å². The van der Waals surface area contributed by atoms with Crippen LogP contribution in [0.3, 0.4) is 0 Å². The van der Waals surface area contributed by atoms with Crippen molar-refractivity contribution in [1.29, 1.82) is 0 Å². The molecule has 0 saturated heterocycles. The summed E-state index contributed by atoms with van der Waals surface area (Å²) in [5.41, 5.74) is 3.85. The average Bonchev–Trinajstić information content (AvgIpc) is 3.25. The summed E-state index contributed by atoms with van der Waals surface area (Å²) in [5, 5.41) is 3.73. The lowest BCUT2D eigenvalue weighted by atomic mass is 10.1. The van der Waals surface area contributed by atoms with Gasteiger partial charge in [0.25, 0.3) is 0 Å². The molecule has 0 fully saturated rings. The summed E-state index contributed by atoms with van der Waals surface area (Å²) in [6.45, 7) is 4.10. The Morgan fingerprint density at radius 2 is 2.19 bits per heavy atom. The zero-order chi connectivity index (χ0) is 18.8. The fourth-order valence-electron chi connectivity index (χ4n) is 2.85. The third-order valence-corrected chi connectivity index (χ3v) is 4.85. The van der Waals surface area contributed by atoms with Crippen molar-refractivity contribution in [3.8, 4) is 11.3 Å². The van der Waals surface area contributed by atoms with E-state index in [4.69, 9.17) is 4.74 Å². The highest BCUT2D eigenvalue weighted by molar-refractivity contribution is 7.17. The Hall–Kier alpha value is -3.26. The number of nitrogens with one attached hydrogen (secondary N) is 1. The van der Waals surface area contributed by atoms with Crippen molar-refractivity contribution in [2.24, 2.45) is 0 Å². The minimum Gasteiger partial charge on any atom is -0.462 e. The van der Waals surface area contributed by atoms with Crippen molar-refractivity contribution in [2.45, 2.75) is 13.8 Å². The highest BCUT2D eigenvalue weighted by Gasteiger charge is 2.14. The molecule has 0 aliphatic carbocycles. The SMILES string of the molecule is CCOC(=O)c1cnc(Nc2cc(-c3c(C)nc4ccccn34)ccn2)s1. The van der Waals surface area contributed by atoms with Crippen LogP contribution < -0.4 is 5.32 Å². The zero-order valence-electron chi connectivity index (χ0n) is 14.8. The smallest absolute Gasteiger partial charge is 0.350 e. The molecular formula is C19H17N5O2S. The molecule has 1 N–H and O–H groups in total. The minimum absolute atomic E-state index is 0.335. The van der Waals surface area contributed by atoms with E-state index in [1.165, 1.54) is 17.5 Å². The van der Waals surface area contributed by atoms with Gasteiger partial charge in [0.1, 0.15) is 16.3 Å². The number of carbonyl (C=O) groups excluding carboxylic acids is 1. The van der Waals surface area contributed by atoms with Crippen LogP contribution in [-0.4, -0.2) is 31.9 Å². The topological polar surface area (TPSA) is 81.4 Å². The van der Waals surface area contributed by atoms with Crippen molar-refractivity contribution in [3.63, 3.8) is 0 Å². The standard InChI is InChI=1S/C19H17N5O2S/c1-3-26-18(25)14-11-21-19(27-14)23-15-10-13(7-8-20-15)17-12(2)22-16-6-4-5-9-24(16)17/h4-11H,3H2,1-2H3,(H,20,21,23). The highest BCUT2D eigenvalue weighted by atomic mass is 32.1. The van der Waals surface area contributed by atoms with Crippen LogP contribution in [0.25, 0.3) is 16.9 Å². The normalized spacial score (nSPS) is 10.9. The second-order valence-electron chi connectivity index (χ2n) is 5.78. The second kappa shape index (κ2) is 7.16. The number of thiazole rings is 1. The number of ether oxygens (including phenoxy) is 1. The van der Waals surface area contributed by atoms with Crippen LogP contribution in [0, 0.1) is 6.92 Å². The number of nitrogens with zero attached hydrogens (tertiary/aromatic N) is 4. The molecule has 27 heavy (non-hydrogen) atoms. The molecule has 4 aromatic rings. The largest absolute Gasteiger partial charge is 0.462 e. The molecule has 0 aromatic carbocycles. The van der Waals surface area contributed by atoms with E-state index >= 15 is 0 Å². The molecule has 0 unspecified atom stereocenters. The molecule has 4 rings (SSSR count). The Morgan fingerprint density at radius 3 is 3.04 bits per heavy atom. The molecule has 0 aliphatic heterocycles. The van der Waals surface area contributed by atoms with Crippen molar-refractivity contribution in [3.05, 3.63) is 59.5 Å². The molecule has 0 saturated carbocycles. The van der Waals surface area contributed by atoms with E-state index in [-0.39, 0.29) is 5.97 Å². The predicted molar refractivity (Wildman–Crippen MR) is 105 cm³/mol. The second-order valence-corrected chi connectivity index (χ2v) is 6.81. The van der Waals surface area contributed by atoms with Crippen LogP contribution in [0.5, 0.6) is 0 Å². The first-order chi connectivity index (χ1) is 13.2. The number of pyridine rings is 2. The van der Waals surface area contributed by atoms with Gasteiger partial charge in [-0.1, -0.05) is 17.4 Å². The molecule has 0 radical (unpaired) electrons. The fraction of sp³-hybridized carbons (Fsp3) is 0.158. The van der Waals surface area contributed by atoms with Gasteiger partial charge in [-0.15, -0.1) is 0 Å². The Labute approximate surface area is 159 Å². The lowest BCUT2D eigenvalue weighted by Crippen LogP contribution is -2.01. The average molecular weight is 379 g/mol. The van der Waals surface area contributed by atoms with Gasteiger partial charge in [-0.2, -0.15) is 0 Å². The summed E-state index contributed by atoms with van der Waals surface area (Å²) in [6, 6.07) is 9.80. The summed E-state index contributed by atoms with van der Waals surface area (Å²) in [4.78, 5) is 25.4. The first-order valence-corrected chi connectivity index (χ1v) is 9.27. The molecule has 136 valence electrons. The van der Waals surface area contributed by atoms with Gasteiger partial charge in [-0.05, 0) is 38.1 Å². The number of esters is 1. The monoisotopic (exact) mass is 379 g/mol. The summed E-state index contributed by atoms with van der Waals surface area (Å²) in [7, 11) is 0. The van der Waals surface area contributed by atoms with Crippen LogP contribution in [0.4, 0.5) is 10.9 Å². The molecule has 0 atom stereocenters. The lowest BCUT2D eigenvalue weighted by molar-refractivity contribution is 0.0532. The fourth-order valence-corrected chi connectivity index (χ4v) is 3.56.